The Balaban J connectivity index is 1.31. The van der Waals surface area contributed by atoms with Gasteiger partial charge in [0.25, 0.3) is 5.91 Å². The van der Waals surface area contributed by atoms with Gasteiger partial charge in [0.05, 0.1) is 10.8 Å². The van der Waals surface area contributed by atoms with Gasteiger partial charge in [0.15, 0.2) is 0 Å². The van der Waals surface area contributed by atoms with Crippen molar-refractivity contribution in [1.82, 2.24) is 20.1 Å². The molecule has 1 N–H and O–H groups in total. The number of hydrogen-bond donors (Lipinski definition) is 1. The molecule has 0 bridgehead atoms. The van der Waals surface area contributed by atoms with Gasteiger partial charge in [-0.15, -0.1) is 11.3 Å². The van der Waals surface area contributed by atoms with E-state index >= 15 is 0 Å². The third-order valence-electron chi connectivity index (χ3n) is 8.02. The number of amides is 3. The highest BCUT2D eigenvalue weighted by molar-refractivity contribution is 7.13. The first-order chi connectivity index (χ1) is 18.0. The molecule has 1 saturated carbocycles. The molecule has 0 unspecified atom stereocenters. The molecular weight excluding hydrogens is 486 g/mol. The summed E-state index contributed by atoms with van der Waals surface area (Å²) >= 11 is 1.50. The van der Waals surface area contributed by atoms with E-state index in [-0.39, 0.29) is 35.6 Å². The lowest BCUT2D eigenvalue weighted by Crippen LogP contribution is -2.50. The Morgan fingerprint density at radius 3 is 2.51 bits per heavy atom. The minimum atomic E-state index is -0.355. The molecule has 0 spiro atoms. The molecule has 2 aliphatic heterocycles. The van der Waals surface area contributed by atoms with E-state index in [1.165, 1.54) is 11.3 Å². The SMILES string of the molecule is Cc1ccc(C(=O)N2CCCCCCNC(=O)[C@@H]3C[C@@H](C(=O)N4CCN(c5ccccn5)CC4)C[C@@H]32)s1. The van der Waals surface area contributed by atoms with E-state index in [1.54, 1.807) is 6.20 Å². The van der Waals surface area contributed by atoms with E-state index < -0.39 is 0 Å². The van der Waals surface area contributed by atoms with Crippen LogP contribution in [0.2, 0.25) is 0 Å². The van der Waals surface area contributed by atoms with Crippen LogP contribution in [-0.4, -0.2) is 77.8 Å². The smallest absolute Gasteiger partial charge is 0.264 e. The van der Waals surface area contributed by atoms with Crippen LogP contribution in [0.5, 0.6) is 0 Å². The zero-order chi connectivity index (χ0) is 25.8. The van der Waals surface area contributed by atoms with Crippen molar-refractivity contribution in [3.05, 3.63) is 46.3 Å². The van der Waals surface area contributed by atoms with Crippen LogP contribution in [0, 0.1) is 18.8 Å². The van der Waals surface area contributed by atoms with Crippen molar-refractivity contribution in [2.24, 2.45) is 11.8 Å². The highest BCUT2D eigenvalue weighted by atomic mass is 32.1. The summed E-state index contributed by atoms with van der Waals surface area (Å²) in [5.74, 6) is 0.441. The molecule has 5 rings (SSSR count). The van der Waals surface area contributed by atoms with Crippen molar-refractivity contribution in [2.45, 2.75) is 51.5 Å². The predicted octanol–water partition coefficient (Wildman–Crippen LogP) is 3.33. The lowest BCUT2D eigenvalue weighted by molar-refractivity contribution is -0.135. The van der Waals surface area contributed by atoms with Gasteiger partial charge in [-0.3, -0.25) is 14.4 Å². The van der Waals surface area contributed by atoms with Gasteiger partial charge in [0.1, 0.15) is 5.82 Å². The molecule has 9 heteroatoms. The molecule has 198 valence electrons. The number of hydrogen-bond acceptors (Lipinski definition) is 6. The number of piperazine rings is 1. The van der Waals surface area contributed by atoms with Gasteiger partial charge in [-0.25, -0.2) is 4.98 Å². The number of aryl methyl sites for hydroxylation is 1. The van der Waals surface area contributed by atoms with Crippen LogP contribution in [-0.2, 0) is 9.59 Å². The van der Waals surface area contributed by atoms with E-state index in [0.717, 1.165) is 49.5 Å². The van der Waals surface area contributed by atoms with Crippen LogP contribution in [0.15, 0.2) is 36.5 Å². The van der Waals surface area contributed by atoms with Crippen molar-refractivity contribution in [3.8, 4) is 0 Å². The van der Waals surface area contributed by atoms with Crippen molar-refractivity contribution in [2.75, 3.05) is 44.2 Å². The summed E-state index contributed by atoms with van der Waals surface area (Å²) in [5, 5.41) is 3.11. The average molecular weight is 524 g/mol. The molecule has 0 radical (unpaired) electrons. The van der Waals surface area contributed by atoms with E-state index in [0.29, 0.717) is 43.9 Å². The summed E-state index contributed by atoms with van der Waals surface area (Å²) in [6.07, 6.45) is 6.79. The van der Waals surface area contributed by atoms with Gasteiger partial charge < -0.3 is 20.0 Å². The van der Waals surface area contributed by atoms with E-state index in [2.05, 4.69) is 15.2 Å². The van der Waals surface area contributed by atoms with Crippen LogP contribution >= 0.6 is 11.3 Å². The number of nitrogens with zero attached hydrogens (tertiary/aromatic N) is 4. The zero-order valence-corrected chi connectivity index (χ0v) is 22.4. The van der Waals surface area contributed by atoms with Gasteiger partial charge >= 0.3 is 0 Å². The summed E-state index contributed by atoms with van der Waals surface area (Å²) in [7, 11) is 0. The number of nitrogens with one attached hydrogen (secondary N) is 1. The second-order valence-corrected chi connectivity index (χ2v) is 11.7. The van der Waals surface area contributed by atoms with Gasteiger partial charge in [-0.1, -0.05) is 18.9 Å². The molecule has 0 aromatic carbocycles. The monoisotopic (exact) mass is 523 g/mol. The lowest BCUT2D eigenvalue weighted by Gasteiger charge is -2.36. The molecule has 3 fully saturated rings. The lowest BCUT2D eigenvalue weighted by atomic mass is 10.00. The minimum Gasteiger partial charge on any atom is -0.356 e. The highest BCUT2D eigenvalue weighted by Crippen LogP contribution is 2.38. The fourth-order valence-corrected chi connectivity index (χ4v) is 6.83. The first-order valence-electron chi connectivity index (χ1n) is 13.6. The first kappa shape index (κ1) is 25.7. The number of fused-ring (bicyclic) bond motifs is 1. The summed E-state index contributed by atoms with van der Waals surface area (Å²) in [5.41, 5.74) is 0. The number of carbonyl (C=O) groups excluding carboxylic acids is 3. The second kappa shape index (κ2) is 11.6. The Hall–Kier alpha value is -2.94. The van der Waals surface area contributed by atoms with Gasteiger partial charge in [-0.05, 0) is 56.9 Å². The van der Waals surface area contributed by atoms with Crippen LogP contribution in [0.4, 0.5) is 5.82 Å². The summed E-state index contributed by atoms with van der Waals surface area (Å²) < 4.78 is 0. The first-order valence-corrected chi connectivity index (χ1v) is 14.4. The Morgan fingerprint density at radius 2 is 1.78 bits per heavy atom. The Morgan fingerprint density at radius 1 is 0.973 bits per heavy atom. The maximum atomic E-state index is 13.7. The van der Waals surface area contributed by atoms with Crippen molar-refractivity contribution in [3.63, 3.8) is 0 Å². The quantitative estimate of drug-likeness (QED) is 0.667. The molecule has 1 aliphatic carbocycles. The number of anilines is 1. The van der Waals surface area contributed by atoms with Crippen molar-refractivity contribution < 1.29 is 14.4 Å². The molecular formula is C28H37N5O3S. The van der Waals surface area contributed by atoms with Crippen LogP contribution in [0.1, 0.15) is 53.1 Å². The number of aromatic nitrogens is 1. The summed E-state index contributed by atoms with van der Waals surface area (Å²) in [4.78, 5) is 52.9. The number of pyridine rings is 1. The molecule has 3 atom stereocenters. The van der Waals surface area contributed by atoms with E-state index in [9.17, 15) is 14.4 Å². The molecule has 8 nitrogen and oxygen atoms in total. The molecule has 2 saturated heterocycles. The number of thiophene rings is 1. The van der Waals surface area contributed by atoms with Gasteiger partial charge in [0, 0.05) is 62.3 Å². The van der Waals surface area contributed by atoms with Crippen molar-refractivity contribution in [1.29, 1.82) is 0 Å². The normalized spacial score (nSPS) is 25.3. The highest BCUT2D eigenvalue weighted by Gasteiger charge is 2.47. The summed E-state index contributed by atoms with van der Waals surface area (Å²) in [6.45, 7) is 6.07. The van der Waals surface area contributed by atoms with Gasteiger partial charge in [-0.2, -0.15) is 0 Å². The zero-order valence-electron chi connectivity index (χ0n) is 21.6. The minimum absolute atomic E-state index is 0.00257. The standard InChI is InChI=1S/C28H37N5O3S/c1-20-9-10-24(37-20)28(36)33-13-7-3-2-5-12-30-26(34)22-18-21(19-23(22)33)27(35)32-16-14-31(15-17-32)25-8-4-6-11-29-25/h4,6,8-11,21-23H,2-3,5,7,12-19H2,1H3,(H,30,34)/t21-,22-,23+/m1/s1. The maximum absolute atomic E-state index is 13.7. The molecule has 4 heterocycles. The summed E-state index contributed by atoms with van der Waals surface area (Å²) in [6, 6.07) is 9.49. The van der Waals surface area contributed by atoms with Crippen molar-refractivity contribution >= 4 is 34.9 Å². The van der Waals surface area contributed by atoms with Crippen LogP contribution < -0.4 is 10.2 Å². The number of rotatable bonds is 3. The fourth-order valence-electron chi connectivity index (χ4n) is 6.01. The predicted molar refractivity (Wildman–Crippen MR) is 145 cm³/mol. The van der Waals surface area contributed by atoms with Crippen LogP contribution in [0.3, 0.4) is 0 Å². The molecule has 2 aromatic heterocycles. The Kier molecular flexibility index (Phi) is 8.08. The maximum Gasteiger partial charge on any atom is 0.264 e. The largest absolute Gasteiger partial charge is 0.356 e. The fraction of sp³-hybridized carbons (Fsp3) is 0.571. The average Bonchev–Trinajstić information content (AvgIpc) is 3.56. The second-order valence-electron chi connectivity index (χ2n) is 10.5. The van der Waals surface area contributed by atoms with E-state index in [1.807, 2.05) is 47.1 Å². The molecule has 3 aliphatic rings. The Labute approximate surface area is 223 Å². The topological polar surface area (TPSA) is 85.8 Å². The number of carbonyl (C=O) groups is 3. The molecule has 3 amide bonds. The molecule has 37 heavy (non-hydrogen) atoms. The molecule has 2 aromatic rings. The third-order valence-corrected chi connectivity index (χ3v) is 9.01. The third kappa shape index (κ3) is 5.81. The van der Waals surface area contributed by atoms with Gasteiger partial charge in [0.2, 0.25) is 11.8 Å². The Bertz CT molecular complexity index is 1100. The van der Waals surface area contributed by atoms with E-state index in [4.69, 9.17) is 0 Å². The van der Waals surface area contributed by atoms with Crippen LogP contribution in [0.25, 0.3) is 0 Å².